The van der Waals surface area contributed by atoms with Crippen LogP contribution in [0.1, 0.15) is 0 Å². The molecule has 1 aliphatic heterocycles. The van der Waals surface area contributed by atoms with Gasteiger partial charge in [0.15, 0.2) is 0 Å². The Morgan fingerprint density at radius 2 is 1.69 bits per heavy atom. The van der Waals surface area contributed by atoms with Gasteiger partial charge in [-0.3, -0.25) is 4.90 Å². The summed E-state index contributed by atoms with van der Waals surface area (Å²) < 4.78 is 0. The van der Waals surface area contributed by atoms with Gasteiger partial charge < -0.3 is 25.5 Å². The Hall–Kier alpha value is 0.110. The molecule has 0 aromatic heterocycles. The van der Waals surface area contributed by atoms with Crippen molar-refractivity contribution in [1.29, 1.82) is 0 Å². The molecule has 7 heteroatoms. The van der Waals surface area contributed by atoms with Gasteiger partial charge in [-0.15, -0.1) is 0 Å². The average Bonchev–Trinajstić information content (AvgIpc) is 2.29. The van der Waals surface area contributed by atoms with Gasteiger partial charge in [-0.1, -0.05) is 0 Å². The van der Waals surface area contributed by atoms with Crippen LogP contribution in [0.25, 0.3) is 0 Å². The Bertz CT molecular complexity index is 220. The second-order valence-electron chi connectivity index (χ2n) is 3.87. The predicted molar refractivity (Wildman–Crippen MR) is 60.0 cm³/mol. The number of thioether (sulfide) groups is 1. The van der Waals surface area contributed by atoms with Crippen molar-refractivity contribution < 1.29 is 25.5 Å². The molecule has 0 aliphatic carbocycles. The lowest BCUT2D eigenvalue weighted by atomic mass is 9.93. The van der Waals surface area contributed by atoms with Gasteiger partial charge >= 0.3 is 0 Å². The van der Waals surface area contributed by atoms with Crippen LogP contribution in [0.3, 0.4) is 0 Å². The zero-order chi connectivity index (χ0) is 12.3. The van der Waals surface area contributed by atoms with Crippen molar-refractivity contribution >= 4 is 11.8 Å². The van der Waals surface area contributed by atoms with Crippen LogP contribution in [-0.4, -0.2) is 86.2 Å². The van der Waals surface area contributed by atoms with Crippen molar-refractivity contribution in [3.8, 4) is 0 Å². The molecule has 1 unspecified atom stereocenters. The second kappa shape index (κ2) is 6.15. The third kappa shape index (κ3) is 2.67. The Balaban J connectivity index is 2.76. The first-order valence-electron chi connectivity index (χ1n) is 5.12. The molecule has 1 heterocycles. The Kier molecular flexibility index (Phi) is 5.45. The van der Waals surface area contributed by atoms with E-state index in [2.05, 4.69) is 0 Å². The van der Waals surface area contributed by atoms with Crippen molar-refractivity contribution in [1.82, 2.24) is 4.90 Å². The number of hydrogen-bond donors (Lipinski definition) is 5. The standard InChI is InChI=1S/C9H19NO5S/c1-16-3-2-10-5(4-11)6(12)7(13)8(14)9(10)15/h5-9,11-15H,2-4H2,1H3/t5-,6-,7+,8-,9?/m1/s1. The first-order valence-corrected chi connectivity index (χ1v) is 6.51. The van der Waals surface area contributed by atoms with E-state index >= 15 is 0 Å². The Labute approximate surface area is 98.5 Å². The van der Waals surface area contributed by atoms with E-state index in [0.717, 1.165) is 0 Å². The fraction of sp³-hybridized carbons (Fsp3) is 1.00. The topological polar surface area (TPSA) is 104 Å². The molecular formula is C9H19NO5S. The smallest absolute Gasteiger partial charge is 0.136 e. The molecule has 0 bridgehead atoms. The van der Waals surface area contributed by atoms with Crippen molar-refractivity contribution in [2.75, 3.05) is 25.2 Å². The van der Waals surface area contributed by atoms with Crippen LogP contribution in [0.2, 0.25) is 0 Å². The zero-order valence-electron chi connectivity index (χ0n) is 9.10. The van der Waals surface area contributed by atoms with Crippen LogP contribution in [0.5, 0.6) is 0 Å². The molecule has 1 aliphatic rings. The second-order valence-corrected chi connectivity index (χ2v) is 4.85. The molecular weight excluding hydrogens is 234 g/mol. The highest BCUT2D eigenvalue weighted by molar-refractivity contribution is 7.98. The molecule has 0 spiro atoms. The quantitative estimate of drug-likeness (QED) is 0.375. The van der Waals surface area contributed by atoms with E-state index < -0.39 is 30.6 Å². The minimum atomic E-state index is -1.43. The third-order valence-electron chi connectivity index (χ3n) is 2.91. The fourth-order valence-electron chi connectivity index (χ4n) is 1.90. The molecule has 16 heavy (non-hydrogen) atoms. The first kappa shape index (κ1) is 14.2. The molecule has 6 nitrogen and oxygen atoms in total. The molecule has 5 atom stereocenters. The highest BCUT2D eigenvalue weighted by Crippen LogP contribution is 2.23. The summed E-state index contributed by atoms with van der Waals surface area (Å²) in [5, 5.41) is 47.5. The lowest BCUT2D eigenvalue weighted by Crippen LogP contribution is -2.67. The van der Waals surface area contributed by atoms with Crippen molar-refractivity contribution in [2.45, 2.75) is 30.6 Å². The molecule has 0 saturated carbocycles. The molecule has 1 rings (SSSR count). The lowest BCUT2D eigenvalue weighted by molar-refractivity contribution is -0.221. The van der Waals surface area contributed by atoms with Crippen molar-refractivity contribution in [3.63, 3.8) is 0 Å². The number of piperidine rings is 1. The Morgan fingerprint density at radius 3 is 2.19 bits per heavy atom. The summed E-state index contributed by atoms with van der Waals surface area (Å²) in [6.07, 6.45) is -3.48. The van der Waals surface area contributed by atoms with E-state index in [0.29, 0.717) is 12.3 Å². The number of aliphatic hydroxyl groups excluding tert-OH is 5. The summed E-state index contributed by atoms with van der Waals surface area (Å²) in [5.41, 5.74) is 0. The predicted octanol–water partition coefficient (Wildman–Crippen LogP) is -2.57. The van der Waals surface area contributed by atoms with Gasteiger partial charge in [0, 0.05) is 12.3 Å². The normalized spacial score (nSPS) is 41.2. The minimum absolute atomic E-state index is 0.379. The van der Waals surface area contributed by atoms with Crippen LogP contribution < -0.4 is 0 Å². The average molecular weight is 253 g/mol. The monoisotopic (exact) mass is 253 g/mol. The van der Waals surface area contributed by atoms with Crippen LogP contribution in [0.4, 0.5) is 0 Å². The van der Waals surface area contributed by atoms with Crippen LogP contribution in [0, 0.1) is 0 Å². The molecule has 1 fully saturated rings. The summed E-state index contributed by atoms with van der Waals surface area (Å²) in [4.78, 5) is 1.42. The van der Waals surface area contributed by atoms with Gasteiger partial charge in [0.25, 0.3) is 0 Å². The van der Waals surface area contributed by atoms with E-state index in [1.54, 1.807) is 11.8 Å². The van der Waals surface area contributed by atoms with Crippen LogP contribution in [0.15, 0.2) is 0 Å². The maximum absolute atomic E-state index is 9.74. The number of nitrogens with zero attached hydrogens (tertiary/aromatic N) is 1. The van der Waals surface area contributed by atoms with E-state index in [1.807, 2.05) is 6.26 Å². The highest BCUT2D eigenvalue weighted by atomic mass is 32.2. The van der Waals surface area contributed by atoms with Gasteiger partial charge in [-0.2, -0.15) is 11.8 Å². The maximum Gasteiger partial charge on any atom is 0.136 e. The zero-order valence-corrected chi connectivity index (χ0v) is 9.92. The minimum Gasteiger partial charge on any atom is -0.395 e. The van der Waals surface area contributed by atoms with Crippen molar-refractivity contribution in [3.05, 3.63) is 0 Å². The maximum atomic E-state index is 9.74. The summed E-state index contributed by atoms with van der Waals surface area (Å²) in [5.74, 6) is 0.698. The summed E-state index contributed by atoms with van der Waals surface area (Å²) in [6.45, 7) is 0.0464. The number of hydrogen-bond acceptors (Lipinski definition) is 7. The third-order valence-corrected chi connectivity index (χ3v) is 3.50. The van der Waals surface area contributed by atoms with E-state index in [4.69, 9.17) is 5.11 Å². The van der Waals surface area contributed by atoms with E-state index in [-0.39, 0.29) is 6.61 Å². The van der Waals surface area contributed by atoms with Crippen LogP contribution in [-0.2, 0) is 0 Å². The van der Waals surface area contributed by atoms with E-state index in [9.17, 15) is 20.4 Å². The van der Waals surface area contributed by atoms with Crippen LogP contribution >= 0.6 is 11.8 Å². The fourth-order valence-corrected chi connectivity index (χ4v) is 2.30. The number of likely N-dealkylation sites (tertiary alicyclic amines) is 1. The van der Waals surface area contributed by atoms with Gasteiger partial charge in [0.2, 0.25) is 0 Å². The largest absolute Gasteiger partial charge is 0.395 e. The molecule has 96 valence electrons. The van der Waals surface area contributed by atoms with Gasteiger partial charge in [0.1, 0.15) is 24.5 Å². The molecule has 0 aromatic carbocycles. The van der Waals surface area contributed by atoms with Crippen molar-refractivity contribution in [2.24, 2.45) is 0 Å². The highest BCUT2D eigenvalue weighted by Gasteiger charge is 2.46. The van der Waals surface area contributed by atoms with E-state index in [1.165, 1.54) is 4.90 Å². The molecule has 0 radical (unpaired) electrons. The van der Waals surface area contributed by atoms with Gasteiger partial charge in [0.05, 0.1) is 12.6 Å². The number of aliphatic hydroxyl groups is 5. The first-order chi connectivity index (χ1) is 7.54. The molecule has 0 amide bonds. The lowest BCUT2D eigenvalue weighted by Gasteiger charge is -2.46. The molecule has 1 saturated heterocycles. The van der Waals surface area contributed by atoms with Gasteiger partial charge in [-0.05, 0) is 6.26 Å². The molecule has 0 aromatic rings. The van der Waals surface area contributed by atoms with Gasteiger partial charge in [-0.25, -0.2) is 0 Å². The Morgan fingerprint density at radius 1 is 1.06 bits per heavy atom. The summed E-state index contributed by atoms with van der Waals surface area (Å²) in [6, 6.07) is -0.749. The summed E-state index contributed by atoms with van der Waals surface area (Å²) in [7, 11) is 0. The number of rotatable bonds is 4. The molecule has 5 N–H and O–H groups in total. The summed E-state index contributed by atoms with van der Waals surface area (Å²) >= 11 is 1.55. The SMILES string of the molecule is CSCCN1C(O)[C@H](O)[C@@H](O)[C@H](O)[C@H]1CO.